The summed E-state index contributed by atoms with van der Waals surface area (Å²) in [5, 5.41) is 0. The van der Waals surface area contributed by atoms with E-state index in [9.17, 15) is 0 Å². The molecule has 0 amide bonds. The first-order valence-electron chi connectivity index (χ1n) is 4.20. The van der Waals surface area contributed by atoms with Crippen LogP contribution in [0.4, 0.5) is 0 Å². The van der Waals surface area contributed by atoms with Crippen LogP contribution in [0.15, 0.2) is 31.4 Å². The molecule has 12 heavy (non-hydrogen) atoms. The second-order valence-electron chi connectivity index (χ2n) is 2.68. The van der Waals surface area contributed by atoms with Crippen molar-refractivity contribution in [2.45, 2.75) is 13.3 Å². The Morgan fingerprint density at radius 2 is 2.00 bits per heavy atom. The van der Waals surface area contributed by atoms with Crippen LogP contribution in [0.25, 0.3) is 12.2 Å². The molecule has 0 heteroatoms. The molecule has 0 fully saturated rings. The number of aryl methyl sites for hydroxylation is 1. The maximum Gasteiger partial charge on any atom is -0.0158 e. The van der Waals surface area contributed by atoms with E-state index in [2.05, 4.69) is 38.3 Å². The van der Waals surface area contributed by atoms with Gasteiger partial charge in [0.05, 0.1) is 0 Å². The summed E-state index contributed by atoms with van der Waals surface area (Å²) in [6.45, 7) is 9.72. The van der Waals surface area contributed by atoms with E-state index in [-0.39, 0.29) is 0 Å². The van der Waals surface area contributed by atoms with E-state index in [1.54, 1.807) is 0 Å². The topological polar surface area (TPSA) is 0 Å². The lowest BCUT2D eigenvalue weighted by molar-refractivity contribution is 1.13. The Balaban J connectivity index is 3.31. The Morgan fingerprint density at radius 1 is 1.25 bits per heavy atom. The van der Waals surface area contributed by atoms with Crippen LogP contribution in [-0.4, -0.2) is 0 Å². The van der Waals surface area contributed by atoms with Crippen LogP contribution in [0, 0.1) is 0 Å². The molecule has 0 saturated heterocycles. The molecule has 0 bridgehead atoms. The predicted molar refractivity (Wildman–Crippen MR) is 56.0 cm³/mol. The molecule has 0 aromatic heterocycles. The molecule has 0 aliphatic carbocycles. The third-order valence-corrected chi connectivity index (χ3v) is 2.04. The molecule has 0 N–H and O–H groups in total. The highest BCUT2D eigenvalue weighted by Gasteiger charge is 1.99. The summed E-state index contributed by atoms with van der Waals surface area (Å²) in [6.07, 6.45) is 4.81. The van der Waals surface area contributed by atoms with Crippen molar-refractivity contribution in [2.75, 3.05) is 0 Å². The molecule has 0 radical (unpaired) electrons. The van der Waals surface area contributed by atoms with Crippen molar-refractivity contribution >= 4 is 12.2 Å². The van der Waals surface area contributed by atoms with E-state index < -0.39 is 0 Å². The summed E-state index contributed by atoms with van der Waals surface area (Å²) in [5.41, 5.74) is 3.72. The number of hydrogen-bond donors (Lipinski definition) is 0. The first kappa shape index (κ1) is 8.79. The fraction of sp³-hybridized carbons (Fsp3) is 0.167. The minimum absolute atomic E-state index is 1.04. The molecular weight excluding hydrogens is 144 g/mol. The van der Waals surface area contributed by atoms with E-state index in [4.69, 9.17) is 0 Å². The average molecular weight is 158 g/mol. The number of benzene rings is 1. The van der Waals surface area contributed by atoms with E-state index in [1.165, 1.54) is 16.7 Å². The van der Waals surface area contributed by atoms with Gasteiger partial charge in [0.2, 0.25) is 0 Å². The molecule has 0 spiro atoms. The van der Waals surface area contributed by atoms with Crippen LogP contribution in [0.3, 0.4) is 0 Å². The highest BCUT2D eigenvalue weighted by atomic mass is 14.0. The Morgan fingerprint density at radius 3 is 2.50 bits per heavy atom. The maximum absolute atomic E-state index is 3.80. The second kappa shape index (κ2) is 3.91. The minimum Gasteiger partial charge on any atom is -0.0984 e. The Hall–Kier alpha value is -1.30. The molecule has 0 saturated carbocycles. The molecule has 0 aliphatic heterocycles. The van der Waals surface area contributed by atoms with Crippen molar-refractivity contribution in [3.63, 3.8) is 0 Å². The van der Waals surface area contributed by atoms with Gasteiger partial charge in [-0.25, -0.2) is 0 Å². The Labute approximate surface area is 74.2 Å². The zero-order chi connectivity index (χ0) is 8.97. The third-order valence-electron chi connectivity index (χ3n) is 2.04. The van der Waals surface area contributed by atoms with Gasteiger partial charge in [-0.15, -0.1) is 0 Å². The van der Waals surface area contributed by atoms with E-state index in [0.717, 1.165) is 6.42 Å². The summed E-state index contributed by atoms with van der Waals surface area (Å²) in [4.78, 5) is 0. The van der Waals surface area contributed by atoms with Gasteiger partial charge in [0.25, 0.3) is 0 Å². The van der Waals surface area contributed by atoms with Crippen LogP contribution < -0.4 is 0 Å². The smallest absolute Gasteiger partial charge is 0.0158 e. The maximum atomic E-state index is 3.80. The van der Waals surface area contributed by atoms with Gasteiger partial charge in [-0.05, 0) is 23.1 Å². The van der Waals surface area contributed by atoms with Crippen LogP contribution in [0.5, 0.6) is 0 Å². The van der Waals surface area contributed by atoms with Gasteiger partial charge in [0.15, 0.2) is 0 Å². The van der Waals surface area contributed by atoms with Gasteiger partial charge in [0, 0.05) is 0 Å². The van der Waals surface area contributed by atoms with E-state index in [1.807, 2.05) is 12.2 Å². The number of hydrogen-bond acceptors (Lipinski definition) is 0. The van der Waals surface area contributed by atoms with Crippen molar-refractivity contribution in [3.05, 3.63) is 48.0 Å². The van der Waals surface area contributed by atoms with Gasteiger partial charge in [-0.1, -0.05) is 50.4 Å². The highest BCUT2D eigenvalue weighted by Crippen LogP contribution is 2.17. The summed E-state index contributed by atoms with van der Waals surface area (Å²) in [6, 6.07) is 6.25. The average Bonchev–Trinajstić information content (AvgIpc) is 2.16. The normalized spacial score (nSPS) is 9.42. The molecule has 0 aliphatic rings. The van der Waals surface area contributed by atoms with Gasteiger partial charge in [-0.3, -0.25) is 0 Å². The molecule has 1 rings (SSSR count). The van der Waals surface area contributed by atoms with Crippen molar-refractivity contribution in [3.8, 4) is 0 Å². The van der Waals surface area contributed by atoms with Crippen molar-refractivity contribution in [1.82, 2.24) is 0 Å². The van der Waals surface area contributed by atoms with Gasteiger partial charge in [-0.2, -0.15) is 0 Å². The molecule has 1 aromatic carbocycles. The van der Waals surface area contributed by atoms with Crippen molar-refractivity contribution in [1.29, 1.82) is 0 Å². The molecule has 0 nitrogen and oxygen atoms in total. The molecule has 1 aromatic rings. The zero-order valence-electron chi connectivity index (χ0n) is 7.51. The Bertz CT molecular complexity index is 295. The predicted octanol–water partition coefficient (Wildman–Crippen LogP) is 3.54. The summed E-state index contributed by atoms with van der Waals surface area (Å²) >= 11 is 0. The first-order valence-corrected chi connectivity index (χ1v) is 4.20. The second-order valence-corrected chi connectivity index (χ2v) is 2.68. The summed E-state index contributed by atoms with van der Waals surface area (Å²) in [7, 11) is 0. The fourth-order valence-corrected chi connectivity index (χ4v) is 1.37. The van der Waals surface area contributed by atoms with Crippen molar-refractivity contribution < 1.29 is 0 Å². The molecule has 0 heterocycles. The van der Waals surface area contributed by atoms with Crippen LogP contribution in [0.2, 0.25) is 0 Å². The molecule has 0 unspecified atom stereocenters. The van der Waals surface area contributed by atoms with Gasteiger partial charge in [0.1, 0.15) is 0 Å². The highest BCUT2D eigenvalue weighted by molar-refractivity contribution is 5.66. The molecular formula is C12H14. The quantitative estimate of drug-likeness (QED) is 0.631. The van der Waals surface area contributed by atoms with Crippen molar-refractivity contribution in [2.24, 2.45) is 0 Å². The third kappa shape index (κ3) is 1.48. The number of rotatable bonds is 3. The minimum atomic E-state index is 1.04. The van der Waals surface area contributed by atoms with E-state index >= 15 is 0 Å². The standard InChI is InChI=1S/C12H14/c1-4-10-8-7-9-11(5-2)12(10)6-3/h4,6-9H,1,3,5H2,2H3. The largest absolute Gasteiger partial charge is 0.0984 e. The summed E-state index contributed by atoms with van der Waals surface area (Å²) < 4.78 is 0. The van der Waals surface area contributed by atoms with Crippen LogP contribution >= 0.6 is 0 Å². The fourth-order valence-electron chi connectivity index (χ4n) is 1.37. The van der Waals surface area contributed by atoms with Crippen LogP contribution in [0.1, 0.15) is 23.6 Å². The zero-order valence-corrected chi connectivity index (χ0v) is 7.51. The SMILES string of the molecule is C=Cc1cccc(CC)c1C=C. The lowest BCUT2D eigenvalue weighted by atomic mass is 9.99. The lowest BCUT2D eigenvalue weighted by Crippen LogP contribution is -1.88. The Kier molecular flexibility index (Phi) is 2.87. The van der Waals surface area contributed by atoms with Crippen LogP contribution in [-0.2, 0) is 6.42 Å². The molecule has 0 atom stereocenters. The molecule has 62 valence electrons. The lowest BCUT2D eigenvalue weighted by Gasteiger charge is -2.06. The first-order chi connectivity index (χ1) is 5.83. The summed E-state index contributed by atoms with van der Waals surface area (Å²) in [5.74, 6) is 0. The van der Waals surface area contributed by atoms with E-state index in [0.29, 0.717) is 0 Å². The van der Waals surface area contributed by atoms with Gasteiger partial charge >= 0.3 is 0 Å². The van der Waals surface area contributed by atoms with Gasteiger partial charge < -0.3 is 0 Å². The monoisotopic (exact) mass is 158 g/mol.